The van der Waals surface area contributed by atoms with Crippen LogP contribution in [0.15, 0.2) is 60.0 Å². The summed E-state index contributed by atoms with van der Waals surface area (Å²) in [7, 11) is -3.30. The molecule has 3 rings (SSSR count). The van der Waals surface area contributed by atoms with Crippen molar-refractivity contribution >= 4 is 33.0 Å². The first kappa shape index (κ1) is 20.0. The number of benzene rings is 2. The fourth-order valence-electron chi connectivity index (χ4n) is 2.67. The third-order valence-corrected chi connectivity index (χ3v) is 5.62. The van der Waals surface area contributed by atoms with Crippen molar-refractivity contribution in [3.05, 3.63) is 70.5 Å². The molecule has 1 aromatic heterocycles. The third-order valence-electron chi connectivity index (χ3n) is 4.05. The summed E-state index contributed by atoms with van der Waals surface area (Å²) in [6.45, 7) is 2.00. The molecule has 0 bridgehead atoms. The van der Waals surface area contributed by atoms with E-state index in [0.29, 0.717) is 11.3 Å². The van der Waals surface area contributed by atoms with Crippen LogP contribution in [-0.4, -0.2) is 25.6 Å². The van der Waals surface area contributed by atoms with Gasteiger partial charge in [-0.2, -0.15) is 0 Å². The lowest BCUT2D eigenvalue weighted by Crippen LogP contribution is -2.28. The molecule has 1 amide bonds. The number of thiazole rings is 1. The SMILES string of the molecule is CCC(NC(=O)c1ccccc1)c1nc(-c2ccc(NS(C)(=O)=O)cc2)cs1. The van der Waals surface area contributed by atoms with Crippen LogP contribution >= 0.6 is 11.3 Å². The van der Waals surface area contributed by atoms with E-state index in [2.05, 4.69) is 15.0 Å². The van der Waals surface area contributed by atoms with Crippen LogP contribution in [0.2, 0.25) is 0 Å². The van der Waals surface area contributed by atoms with E-state index in [1.165, 1.54) is 11.3 Å². The summed E-state index contributed by atoms with van der Waals surface area (Å²) in [6, 6.07) is 16.0. The van der Waals surface area contributed by atoms with Crippen LogP contribution in [0.4, 0.5) is 5.69 Å². The van der Waals surface area contributed by atoms with Crippen LogP contribution < -0.4 is 10.0 Å². The number of hydrogen-bond acceptors (Lipinski definition) is 5. The van der Waals surface area contributed by atoms with Gasteiger partial charge in [-0.05, 0) is 30.7 Å². The molecule has 1 heterocycles. The lowest BCUT2D eigenvalue weighted by Gasteiger charge is -2.14. The largest absolute Gasteiger partial charge is 0.343 e. The van der Waals surface area contributed by atoms with Crippen molar-refractivity contribution < 1.29 is 13.2 Å². The van der Waals surface area contributed by atoms with E-state index in [4.69, 9.17) is 0 Å². The molecular weight excluding hydrogens is 394 g/mol. The number of carbonyl (C=O) groups is 1. The fraction of sp³-hybridized carbons (Fsp3) is 0.200. The summed E-state index contributed by atoms with van der Waals surface area (Å²) < 4.78 is 25.0. The average Bonchev–Trinajstić information content (AvgIpc) is 3.16. The van der Waals surface area contributed by atoms with Gasteiger partial charge in [0, 0.05) is 22.2 Å². The topological polar surface area (TPSA) is 88.2 Å². The highest BCUT2D eigenvalue weighted by Crippen LogP contribution is 2.28. The molecule has 0 aliphatic rings. The minimum Gasteiger partial charge on any atom is -0.343 e. The molecule has 1 atom stereocenters. The number of carbonyl (C=O) groups excluding carboxylic acids is 1. The molecule has 3 aromatic rings. The maximum absolute atomic E-state index is 12.4. The van der Waals surface area contributed by atoms with Crippen molar-refractivity contribution in [3.8, 4) is 11.3 Å². The number of nitrogens with zero attached hydrogens (tertiary/aromatic N) is 1. The highest BCUT2D eigenvalue weighted by Gasteiger charge is 2.18. The van der Waals surface area contributed by atoms with Crippen LogP contribution in [0.1, 0.15) is 34.8 Å². The number of anilines is 1. The van der Waals surface area contributed by atoms with E-state index in [1.54, 1.807) is 24.3 Å². The normalized spacial score (nSPS) is 12.4. The Morgan fingerprint density at radius 1 is 1.11 bits per heavy atom. The van der Waals surface area contributed by atoms with Gasteiger partial charge in [-0.1, -0.05) is 37.3 Å². The lowest BCUT2D eigenvalue weighted by molar-refractivity contribution is 0.0935. The molecule has 0 radical (unpaired) electrons. The van der Waals surface area contributed by atoms with Crippen LogP contribution in [0.25, 0.3) is 11.3 Å². The van der Waals surface area contributed by atoms with Crippen molar-refractivity contribution in [1.29, 1.82) is 0 Å². The highest BCUT2D eigenvalue weighted by molar-refractivity contribution is 7.92. The number of hydrogen-bond donors (Lipinski definition) is 2. The number of sulfonamides is 1. The summed E-state index contributed by atoms with van der Waals surface area (Å²) >= 11 is 1.49. The Labute approximate surface area is 168 Å². The van der Waals surface area contributed by atoms with Gasteiger partial charge in [-0.15, -0.1) is 11.3 Å². The average molecular weight is 416 g/mol. The van der Waals surface area contributed by atoms with Gasteiger partial charge in [0.1, 0.15) is 5.01 Å². The summed E-state index contributed by atoms with van der Waals surface area (Å²) in [5, 5.41) is 5.80. The minimum atomic E-state index is -3.30. The van der Waals surface area contributed by atoms with E-state index in [9.17, 15) is 13.2 Å². The Morgan fingerprint density at radius 2 is 1.79 bits per heavy atom. The second kappa shape index (κ2) is 8.53. The molecular formula is C20H21N3O3S2. The molecule has 0 aliphatic heterocycles. The van der Waals surface area contributed by atoms with E-state index in [-0.39, 0.29) is 11.9 Å². The number of amides is 1. The first-order valence-corrected chi connectivity index (χ1v) is 11.5. The molecule has 0 saturated heterocycles. The van der Waals surface area contributed by atoms with Gasteiger partial charge >= 0.3 is 0 Å². The van der Waals surface area contributed by atoms with Gasteiger partial charge in [-0.25, -0.2) is 13.4 Å². The highest BCUT2D eigenvalue weighted by atomic mass is 32.2. The van der Waals surface area contributed by atoms with E-state index in [0.717, 1.165) is 28.9 Å². The van der Waals surface area contributed by atoms with Crippen molar-refractivity contribution in [2.75, 3.05) is 11.0 Å². The minimum absolute atomic E-state index is 0.125. The first-order chi connectivity index (χ1) is 13.4. The predicted molar refractivity (Wildman–Crippen MR) is 113 cm³/mol. The summed E-state index contributed by atoms with van der Waals surface area (Å²) in [5.41, 5.74) is 2.79. The number of nitrogens with one attached hydrogen (secondary N) is 2. The van der Waals surface area contributed by atoms with Gasteiger partial charge in [-0.3, -0.25) is 9.52 Å². The van der Waals surface area contributed by atoms with Crippen LogP contribution in [0.5, 0.6) is 0 Å². The summed E-state index contributed by atoms with van der Waals surface area (Å²) in [4.78, 5) is 17.1. The molecule has 2 N–H and O–H groups in total. The molecule has 146 valence electrons. The van der Waals surface area contributed by atoms with Gasteiger partial charge in [0.15, 0.2) is 0 Å². The Hall–Kier alpha value is -2.71. The zero-order chi connectivity index (χ0) is 20.1. The number of rotatable bonds is 7. The quantitative estimate of drug-likeness (QED) is 0.609. The molecule has 0 aliphatic carbocycles. The maximum Gasteiger partial charge on any atom is 0.251 e. The van der Waals surface area contributed by atoms with E-state index >= 15 is 0 Å². The maximum atomic E-state index is 12.4. The smallest absolute Gasteiger partial charge is 0.251 e. The van der Waals surface area contributed by atoms with Gasteiger partial charge in [0.2, 0.25) is 10.0 Å². The van der Waals surface area contributed by atoms with Crippen molar-refractivity contribution in [2.45, 2.75) is 19.4 Å². The predicted octanol–water partition coefficient (Wildman–Crippen LogP) is 4.06. The Bertz CT molecular complexity index is 1050. The molecule has 0 fully saturated rings. The molecule has 6 nitrogen and oxygen atoms in total. The lowest BCUT2D eigenvalue weighted by atomic mass is 10.1. The Morgan fingerprint density at radius 3 is 2.39 bits per heavy atom. The molecule has 1 unspecified atom stereocenters. The van der Waals surface area contributed by atoms with Crippen LogP contribution in [0.3, 0.4) is 0 Å². The molecule has 2 aromatic carbocycles. The van der Waals surface area contributed by atoms with Crippen molar-refractivity contribution in [3.63, 3.8) is 0 Å². The Balaban J connectivity index is 1.74. The summed E-state index contributed by atoms with van der Waals surface area (Å²) in [6.07, 6.45) is 1.84. The standard InChI is InChI=1S/C20H21N3O3S2/c1-3-17(21-19(24)15-7-5-4-6-8-15)20-22-18(13-27-20)14-9-11-16(12-10-14)23-28(2,25)26/h4-13,17,23H,3H2,1-2H3,(H,21,24). The fourth-order valence-corrected chi connectivity index (χ4v) is 4.20. The van der Waals surface area contributed by atoms with Gasteiger partial charge in [0.25, 0.3) is 5.91 Å². The summed E-state index contributed by atoms with van der Waals surface area (Å²) in [5.74, 6) is -0.125. The third kappa shape index (κ3) is 5.17. The zero-order valence-corrected chi connectivity index (χ0v) is 17.2. The van der Waals surface area contributed by atoms with Gasteiger partial charge in [0.05, 0.1) is 18.0 Å². The molecule has 8 heteroatoms. The van der Waals surface area contributed by atoms with Crippen molar-refractivity contribution in [1.82, 2.24) is 10.3 Å². The van der Waals surface area contributed by atoms with Crippen molar-refractivity contribution in [2.24, 2.45) is 0 Å². The van der Waals surface area contributed by atoms with Gasteiger partial charge < -0.3 is 5.32 Å². The second-order valence-electron chi connectivity index (χ2n) is 6.32. The molecule has 28 heavy (non-hydrogen) atoms. The monoisotopic (exact) mass is 415 g/mol. The Kier molecular flexibility index (Phi) is 6.11. The molecule has 0 spiro atoms. The first-order valence-electron chi connectivity index (χ1n) is 8.75. The van der Waals surface area contributed by atoms with E-state index < -0.39 is 10.0 Å². The number of aromatic nitrogens is 1. The molecule has 0 saturated carbocycles. The second-order valence-corrected chi connectivity index (χ2v) is 8.96. The van der Waals surface area contributed by atoms with Crippen LogP contribution in [0, 0.1) is 0 Å². The van der Waals surface area contributed by atoms with E-state index in [1.807, 2.05) is 42.6 Å². The van der Waals surface area contributed by atoms with Crippen LogP contribution in [-0.2, 0) is 10.0 Å². The zero-order valence-electron chi connectivity index (χ0n) is 15.5.